The van der Waals surface area contributed by atoms with Crippen LogP contribution in [0.1, 0.15) is 16.1 Å². The molecular weight excluding hydrogens is 326 g/mol. The van der Waals surface area contributed by atoms with Gasteiger partial charge in [0, 0.05) is 43.5 Å². The fraction of sp³-hybridized carbons (Fsp3) is 0.238. The first-order valence-electron chi connectivity index (χ1n) is 8.84. The van der Waals surface area contributed by atoms with Crippen molar-refractivity contribution in [1.82, 2.24) is 10.1 Å². The molecule has 0 saturated carbocycles. The van der Waals surface area contributed by atoms with Gasteiger partial charge in [0.05, 0.1) is 0 Å². The zero-order chi connectivity index (χ0) is 17.9. The molecular formula is C21H21N3O2. The van der Waals surface area contributed by atoms with E-state index in [0.717, 1.165) is 18.7 Å². The number of aryl methyl sites for hydroxylation is 1. The average Bonchev–Trinajstić information content (AvgIpc) is 3.19. The summed E-state index contributed by atoms with van der Waals surface area (Å²) in [5.41, 5.74) is 3.79. The molecule has 0 bridgehead atoms. The third-order valence-corrected chi connectivity index (χ3v) is 4.81. The number of hydrogen-bond donors (Lipinski definition) is 0. The summed E-state index contributed by atoms with van der Waals surface area (Å²) in [4.78, 5) is 16.9. The SMILES string of the molecule is Cc1ccccc1N1CCN(C(=O)c2cc(-c3ccccc3)on2)CC1. The third kappa shape index (κ3) is 3.20. The maximum absolute atomic E-state index is 12.7. The summed E-state index contributed by atoms with van der Waals surface area (Å²) in [6.45, 7) is 5.12. The summed E-state index contributed by atoms with van der Waals surface area (Å²) in [5.74, 6) is 0.549. The lowest BCUT2D eigenvalue weighted by atomic mass is 10.1. The summed E-state index contributed by atoms with van der Waals surface area (Å²) in [7, 11) is 0. The highest BCUT2D eigenvalue weighted by molar-refractivity contribution is 5.93. The highest BCUT2D eigenvalue weighted by Crippen LogP contribution is 2.23. The molecule has 0 unspecified atom stereocenters. The molecule has 1 aliphatic heterocycles. The Bertz CT molecular complexity index is 896. The number of carbonyl (C=O) groups is 1. The highest BCUT2D eigenvalue weighted by atomic mass is 16.5. The van der Waals surface area contributed by atoms with Crippen molar-refractivity contribution in [2.75, 3.05) is 31.1 Å². The monoisotopic (exact) mass is 347 g/mol. The van der Waals surface area contributed by atoms with E-state index in [-0.39, 0.29) is 5.91 Å². The fourth-order valence-electron chi connectivity index (χ4n) is 3.35. The largest absolute Gasteiger partial charge is 0.368 e. The van der Waals surface area contributed by atoms with Gasteiger partial charge in [0.2, 0.25) is 0 Å². The standard InChI is InChI=1S/C21H21N3O2/c1-16-7-5-6-10-19(16)23-11-13-24(14-12-23)21(25)18-15-20(26-22-18)17-8-3-2-4-9-17/h2-10,15H,11-14H2,1H3. The number of para-hydroxylation sites is 1. The molecule has 0 spiro atoms. The van der Waals surface area contributed by atoms with E-state index < -0.39 is 0 Å². The van der Waals surface area contributed by atoms with Crippen molar-refractivity contribution in [3.05, 3.63) is 71.9 Å². The number of carbonyl (C=O) groups excluding carboxylic acids is 1. The molecule has 0 radical (unpaired) electrons. The number of aromatic nitrogens is 1. The molecule has 0 atom stereocenters. The molecule has 132 valence electrons. The van der Waals surface area contributed by atoms with Gasteiger partial charge >= 0.3 is 0 Å². The summed E-state index contributed by atoms with van der Waals surface area (Å²) < 4.78 is 5.36. The van der Waals surface area contributed by atoms with Crippen molar-refractivity contribution in [3.8, 4) is 11.3 Å². The van der Waals surface area contributed by atoms with E-state index in [2.05, 4.69) is 35.2 Å². The van der Waals surface area contributed by atoms with Crippen LogP contribution in [-0.2, 0) is 0 Å². The van der Waals surface area contributed by atoms with Crippen molar-refractivity contribution in [1.29, 1.82) is 0 Å². The fourth-order valence-corrected chi connectivity index (χ4v) is 3.35. The van der Waals surface area contributed by atoms with Crippen molar-refractivity contribution >= 4 is 11.6 Å². The minimum absolute atomic E-state index is 0.0691. The van der Waals surface area contributed by atoms with E-state index in [1.54, 1.807) is 6.07 Å². The Morgan fingerprint density at radius 2 is 1.65 bits per heavy atom. The summed E-state index contributed by atoms with van der Waals surface area (Å²) in [5, 5.41) is 3.98. The van der Waals surface area contributed by atoms with Crippen LogP contribution >= 0.6 is 0 Å². The molecule has 1 aliphatic rings. The minimum atomic E-state index is -0.0691. The van der Waals surface area contributed by atoms with Crippen molar-refractivity contribution in [2.45, 2.75) is 6.92 Å². The van der Waals surface area contributed by atoms with E-state index in [1.165, 1.54) is 11.3 Å². The van der Waals surface area contributed by atoms with Crippen molar-refractivity contribution < 1.29 is 9.32 Å². The Hall–Kier alpha value is -3.08. The predicted molar refractivity (Wildman–Crippen MR) is 101 cm³/mol. The van der Waals surface area contributed by atoms with Crippen LogP contribution in [-0.4, -0.2) is 42.1 Å². The van der Waals surface area contributed by atoms with Crippen LogP contribution in [0.15, 0.2) is 65.2 Å². The van der Waals surface area contributed by atoms with Crippen LogP contribution in [0, 0.1) is 6.92 Å². The van der Waals surface area contributed by atoms with E-state index in [1.807, 2.05) is 41.3 Å². The molecule has 2 aromatic carbocycles. The van der Waals surface area contributed by atoms with Gasteiger partial charge in [0.25, 0.3) is 5.91 Å². The van der Waals surface area contributed by atoms with E-state index in [9.17, 15) is 4.79 Å². The predicted octanol–water partition coefficient (Wildman–Crippen LogP) is 3.61. The molecule has 1 amide bonds. The maximum atomic E-state index is 12.7. The van der Waals surface area contributed by atoms with Crippen LogP contribution in [0.4, 0.5) is 5.69 Å². The highest BCUT2D eigenvalue weighted by Gasteiger charge is 2.25. The summed E-state index contributed by atoms with van der Waals surface area (Å²) >= 11 is 0. The van der Waals surface area contributed by atoms with Crippen LogP contribution in [0.5, 0.6) is 0 Å². The Morgan fingerprint density at radius 3 is 2.38 bits per heavy atom. The zero-order valence-electron chi connectivity index (χ0n) is 14.8. The lowest BCUT2D eigenvalue weighted by Gasteiger charge is -2.36. The number of rotatable bonds is 3. The number of nitrogens with zero attached hydrogens (tertiary/aromatic N) is 3. The first-order chi connectivity index (χ1) is 12.7. The first kappa shape index (κ1) is 16.4. The smallest absolute Gasteiger partial charge is 0.276 e. The first-order valence-corrected chi connectivity index (χ1v) is 8.84. The number of piperazine rings is 1. The molecule has 5 heteroatoms. The van der Waals surface area contributed by atoms with Gasteiger partial charge in [0.1, 0.15) is 0 Å². The van der Waals surface area contributed by atoms with Crippen LogP contribution in [0.3, 0.4) is 0 Å². The van der Waals surface area contributed by atoms with E-state index in [0.29, 0.717) is 24.5 Å². The molecule has 2 heterocycles. The van der Waals surface area contributed by atoms with Gasteiger partial charge < -0.3 is 14.3 Å². The Labute approximate surface area is 152 Å². The number of anilines is 1. The molecule has 4 rings (SSSR count). The average molecular weight is 347 g/mol. The third-order valence-electron chi connectivity index (χ3n) is 4.81. The molecule has 0 aliphatic carbocycles. The lowest BCUT2D eigenvalue weighted by molar-refractivity contribution is 0.0736. The van der Waals surface area contributed by atoms with Gasteiger partial charge in [-0.05, 0) is 18.6 Å². The minimum Gasteiger partial charge on any atom is -0.368 e. The Balaban J connectivity index is 1.43. The Kier molecular flexibility index (Phi) is 4.44. The van der Waals surface area contributed by atoms with Crippen LogP contribution in [0.2, 0.25) is 0 Å². The molecule has 3 aromatic rings. The topological polar surface area (TPSA) is 49.6 Å². The second-order valence-electron chi connectivity index (χ2n) is 6.51. The maximum Gasteiger partial charge on any atom is 0.276 e. The Morgan fingerprint density at radius 1 is 0.962 bits per heavy atom. The van der Waals surface area contributed by atoms with Gasteiger partial charge in [0.15, 0.2) is 11.5 Å². The number of benzene rings is 2. The normalized spacial score (nSPS) is 14.5. The van der Waals surface area contributed by atoms with Crippen molar-refractivity contribution in [3.63, 3.8) is 0 Å². The molecule has 5 nitrogen and oxygen atoms in total. The number of amides is 1. The number of hydrogen-bond acceptors (Lipinski definition) is 4. The van der Waals surface area contributed by atoms with Gasteiger partial charge in [-0.25, -0.2) is 0 Å². The van der Waals surface area contributed by atoms with Crippen LogP contribution in [0.25, 0.3) is 11.3 Å². The van der Waals surface area contributed by atoms with Gasteiger partial charge in [-0.3, -0.25) is 4.79 Å². The molecule has 1 fully saturated rings. The van der Waals surface area contributed by atoms with Gasteiger partial charge in [-0.15, -0.1) is 0 Å². The zero-order valence-corrected chi connectivity index (χ0v) is 14.8. The second-order valence-corrected chi connectivity index (χ2v) is 6.51. The lowest BCUT2D eigenvalue weighted by Crippen LogP contribution is -2.49. The van der Waals surface area contributed by atoms with Gasteiger partial charge in [-0.1, -0.05) is 53.7 Å². The molecule has 0 N–H and O–H groups in total. The quantitative estimate of drug-likeness (QED) is 0.726. The van der Waals surface area contributed by atoms with E-state index in [4.69, 9.17) is 4.52 Å². The summed E-state index contributed by atoms with van der Waals surface area (Å²) in [6, 6.07) is 19.8. The van der Waals surface area contributed by atoms with E-state index >= 15 is 0 Å². The molecule has 1 saturated heterocycles. The summed E-state index contributed by atoms with van der Waals surface area (Å²) in [6.07, 6.45) is 0. The molecule has 1 aromatic heterocycles. The van der Waals surface area contributed by atoms with Crippen LogP contribution < -0.4 is 4.90 Å². The van der Waals surface area contributed by atoms with Gasteiger partial charge in [-0.2, -0.15) is 0 Å². The second kappa shape index (κ2) is 7.04. The molecule has 26 heavy (non-hydrogen) atoms. The van der Waals surface area contributed by atoms with Crippen molar-refractivity contribution in [2.24, 2.45) is 0 Å².